The summed E-state index contributed by atoms with van der Waals surface area (Å²) in [6, 6.07) is 6.65. The largest absolute Gasteiger partial charge is 0.493 e. The first-order valence-electron chi connectivity index (χ1n) is 4.64. The summed E-state index contributed by atoms with van der Waals surface area (Å²) in [6.07, 6.45) is 0.525. The highest BCUT2D eigenvalue weighted by Gasteiger charge is 2.13. The zero-order valence-electron chi connectivity index (χ0n) is 8.76. The second-order valence-corrected chi connectivity index (χ2v) is 4.69. The van der Waals surface area contributed by atoms with Crippen molar-refractivity contribution in [1.29, 1.82) is 0 Å². The second-order valence-electron chi connectivity index (χ2n) is 3.00. The first-order valence-corrected chi connectivity index (χ1v) is 6.22. The number of benzene rings is 1. The van der Waals surface area contributed by atoms with Gasteiger partial charge in [0, 0.05) is 0 Å². The molecule has 1 aromatic carbocycles. The molecule has 0 radical (unpaired) electrons. The lowest BCUT2D eigenvalue weighted by molar-refractivity contribution is 0.390. The number of ether oxygens (including phenoxy) is 1. The van der Waals surface area contributed by atoms with Crippen LogP contribution in [0.4, 0.5) is 0 Å². The van der Waals surface area contributed by atoms with E-state index in [0.717, 1.165) is 0 Å². The van der Waals surface area contributed by atoms with Gasteiger partial charge in [0.15, 0.2) is 11.5 Å². The van der Waals surface area contributed by atoms with Gasteiger partial charge < -0.3 is 8.92 Å². The molecule has 0 atom stereocenters. The van der Waals surface area contributed by atoms with Crippen molar-refractivity contribution in [2.45, 2.75) is 13.3 Å². The van der Waals surface area contributed by atoms with Crippen molar-refractivity contribution in [3.8, 4) is 11.5 Å². The Bertz CT molecular complexity index is 411. The van der Waals surface area contributed by atoms with Crippen LogP contribution in [-0.2, 0) is 10.1 Å². The minimum Gasteiger partial charge on any atom is -0.493 e. The van der Waals surface area contributed by atoms with Gasteiger partial charge in [-0.2, -0.15) is 8.42 Å². The Hall–Kier alpha value is -1.23. The molecular weight excluding hydrogens is 216 g/mol. The molecule has 5 heteroatoms. The summed E-state index contributed by atoms with van der Waals surface area (Å²) in [5, 5.41) is 0. The molecule has 0 aliphatic carbocycles. The number of hydrogen-bond acceptors (Lipinski definition) is 4. The molecule has 0 aromatic heterocycles. The summed E-state index contributed by atoms with van der Waals surface area (Å²) < 4.78 is 32.7. The Kier molecular flexibility index (Phi) is 3.96. The number of methoxy groups -OCH3 is 1. The summed E-state index contributed by atoms with van der Waals surface area (Å²) in [6.45, 7) is 1.78. The van der Waals surface area contributed by atoms with Crippen LogP contribution in [0.2, 0.25) is 0 Å². The van der Waals surface area contributed by atoms with Crippen LogP contribution < -0.4 is 8.92 Å². The van der Waals surface area contributed by atoms with Crippen LogP contribution >= 0.6 is 0 Å². The third-order valence-electron chi connectivity index (χ3n) is 1.74. The van der Waals surface area contributed by atoms with Crippen molar-refractivity contribution in [3.05, 3.63) is 24.3 Å². The molecule has 0 unspecified atom stereocenters. The summed E-state index contributed by atoms with van der Waals surface area (Å²) in [7, 11) is -2.03. The van der Waals surface area contributed by atoms with E-state index < -0.39 is 10.1 Å². The van der Waals surface area contributed by atoms with E-state index in [1.807, 2.05) is 0 Å². The molecule has 0 N–H and O–H groups in total. The minimum absolute atomic E-state index is 0.00501. The standard InChI is InChI=1S/C10H14O4S/c1-3-8-15(11,12)14-10-7-5-4-6-9(10)13-2/h4-7H,3,8H2,1-2H3. The molecular formula is C10H14O4S. The molecule has 84 valence electrons. The Morgan fingerprint density at radius 1 is 1.20 bits per heavy atom. The molecule has 0 bridgehead atoms. The van der Waals surface area contributed by atoms with Crippen LogP contribution in [0.25, 0.3) is 0 Å². The van der Waals surface area contributed by atoms with Gasteiger partial charge in [-0.25, -0.2) is 0 Å². The molecule has 0 amide bonds. The van der Waals surface area contributed by atoms with Gasteiger partial charge in [0.2, 0.25) is 0 Å². The predicted molar refractivity (Wildman–Crippen MR) is 57.7 cm³/mol. The summed E-state index contributed by atoms with van der Waals surface area (Å²) in [4.78, 5) is 0. The highest BCUT2D eigenvalue weighted by atomic mass is 32.2. The van der Waals surface area contributed by atoms with Crippen LogP contribution in [-0.4, -0.2) is 21.3 Å². The Morgan fingerprint density at radius 2 is 1.80 bits per heavy atom. The molecule has 4 nitrogen and oxygen atoms in total. The van der Waals surface area contributed by atoms with Crippen molar-refractivity contribution in [3.63, 3.8) is 0 Å². The fourth-order valence-electron chi connectivity index (χ4n) is 1.12. The molecule has 0 saturated heterocycles. The average Bonchev–Trinajstić information content (AvgIpc) is 2.17. The van der Waals surface area contributed by atoms with E-state index in [0.29, 0.717) is 12.2 Å². The molecule has 0 fully saturated rings. The van der Waals surface area contributed by atoms with Crippen molar-refractivity contribution >= 4 is 10.1 Å². The van der Waals surface area contributed by atoms with Crippen molar-refractivity contribution in [2.75, 3.05) is 12.9 Å². The molecule has 0 saturated carbocycles. The molecule has 0 aliphatic heterocycles. The van der Waals surface area contributed by atoms with Gasteiger partial charge in [-0.1, -0.05) is 19.1 Å². The van der Waals surface area contributed by atoms with E-state index in [-0.39, 0.29) is 11.5 Å². The molecule has 1 rings (SSSR count). The topological polar surface area (TPSA) is 52.6 Å². The van der Waals surface area contributed by atoms with Crippen LogP contribution in [0.15, 0.2) is 24.3 Å². The van der Waals surface area contributed by atoms with E-state index >= 15 is 0 Å². The third kappa shape index (κ3) is 3.43. The van der Waals surface area contributed by atoms with E-state index in [2.05, 4.69) is 0 Å². The predicted octanol–water partition coefficient (Wildman–Crippen LogP) is 1.81. The fourth-order valence-corrected chi connectivity index (χ4v) is 2.11. The normalized spacial score (nSPS) is 11.1. The Balaban J connectivity index is 2.89. The molecule has 1 aromatic rings. The average molecular weight is 230 g/mol. The fraction of sp³-hybridized carbons (Fsp3) is 0.400. The maximum absolute atomic E-state index is 11.4. The highest BCUT2D eigenvalue weighted by molar-refractivity contribution is 7.87. The smallest absolute Gasteiger partial charge is 0.309 e. The number of para-hydroxylation sites is 2. The summed E-state index contributed by atoms with van der Waals surface area (Å²) in [5.41, 5.74) is 0. The number of rotatable bonds is 5. The minimum atomic E-state index is -3.50. The summed E-state index contributed by atoms with van der Waals surface area (Å²) in [5.74, 6) is 0.649. The third-order valence-corrected chi connectivity index (χ3v) is 3.08. The molecule has 0 heterocycles. The van der Waals surface area contributed by atoms with Crippen molar-refractivity contribution in [1.82, 2.24) is 0 Å². The van der Waals surface area contributed by atoms with Crippen LogP contribution in [0.1, 0.15) is 13.3 Å². The Morgan fingerprint density at radius 3 is 2.33 bits per heavy atom. The second kappa shape index (κ2) is 5.02. The van der Waals surface area contributed by atoms with Crippen LogP contribution in [0.5, 0.6) is 11.5 Å². The lowest BCUT2D eigenvalue weighted by Gasteiger charge is -2.09. The quantitative estimate of drug-likeness (QED) is 0.724. The van der Waals surface area contributed by atoms with Gasteiger partial charge in [-0.15, -0.1) is 0 Å². The summed E-state index contributed by atoms with van der Waals surface area (Å²) >= 11 is 0. The monoisotopic (exact) mass is 230 g/mol. The van der Waals surface area contributed by atoms with E-state index in [4.69, 9.17) is 8.92 Å². The van der Waals surface area contributed by atoms with Crippen molar-refractivity contribution < 1.29 is 17.3 Å². The first-order chi connectivity index (χ1) is 7.09. The lowest BCUT2D eigenvalue weighted by atomic mass is 10.3. The van der Waals surface area contributed by atoms with Crippen LogP contribution in [0.3, 0.4) is 0 Å². The van der Waals surface area contributed by atoms with E-state index in [1.165, 1.54) is 7.11 Å². The molecule has 15 heavy (non-hydrogen) atoms. The van der Waals surface area contributed by atoms with Gasteiger partial charge in [0.25, 0.3) is 0 Å². The van der Waals surface area contributed by atoms with Crippen LogP contribution in [0, 0.1) is 0 Å². The van der Waals surface area contributed by atoms with Gasteiger partial charge in [-0.3, -0.25) is 0 Å². The Labute approximate surface area is 90.0 Å². The SMILES string of the molecule is CCCS(=O)(=O)Oc1ccccc1OC. The maximum Gasteiger partial charge on any atom is 0.309 e. The van der Waals surface area contributed by atoms with Gasteiger partial charge in [0.1, 0.15) is 0 Å². The van der Waals surface area contributed by atoms with E-state index in [1.54, 1.807) is 31.2 Å². The van der Waals surface area contributed by atoms with Crippen molar-refractivity contribution in [2.24, 2.45) is 0 Å². The zero-order chi connectivity index (χ0) is 11.3. The molecule has 0 spiro atoms. The lowest BCUT2D eigenvalue weighted by Crippen LogP contribution is -2.13. The van der Waals surface area contributed by atoms with Gasteiger partial charge >= 0.3 is 10.1 Å². The highest BCUT2D eigenvalue weighted by Crippen LogP contribution is 2.27. The zero-order valence-corrected chi connectivity index (χ0v) is 9.58. The number of hydrogen-bond donors (Lipinski definition) is 0. The van der Waals surface area contributed by atoms with Gasteiger partial charge in [0.05, 0.1) is 12.9 Å². The first kappa shape index (κ1) is 11.8. The van der Waals surface area contributed by atoms with Gasteiger partial charge in [-0.05, 0) is 18.6 Å². The molecule has 0 aliphatic rings. The van der Waals surface area contributed by atoms with E-state index in [9.17, 15) is 8.42 Å². The maximum atomic E-state index is 11.4.